The van der Waals surface area contributed by atoms with Crippen LogP contribution in [0.25, 0.3) is 33.2 Å². The number of alkyl halides is 3. The molecule has 0 bridgehead atoms. The van der Waals surface area contributed by atoms with Crippen LogP contribution in [-0.2, 0) is 5.66 Å². The minimum absolute atomic E-state index is 0.0228. The fraction of sp³-hybridized carbons (Fsp3) is 0.0769. The fourth-order valence-corrected chi connectivity index (χ4v) is 4.69. The van der Waals surface area contributed by atoms with Crippen molar-refractivity contribution in [1.82, 2.24) is 9.55 Å². The van der Waals surface area contributed by atoms with Crippen molar-refractivity contribution in [2.75, 3.05) is 5.32 Å². The normalized spacial score (nSPS) is 17.7. The molecule has 162 valence electrons. The highest BCUT2D eigenvalue weighted by Crippen LogP contribution is 2.49. The number of hydrogen-bond acceptors (Lipinski definition) is 3. The summed E-state index contributed by atoms with van der Waals surface area (Å²) in [5, 5.41) is 4.00. The Labute approximate surface area is 186 Å². The van der Waals surface area contributed by atoms with Crippen LogP contribution in [0.5, 0.6) is 0 Å². The third-order valence-corrected chi connectivity index (χ3v) is 6.15. The molecule has 4 nitrogen and oxygen atoms in total. The lowest BCUT2D eigenvalue weighted by Gasteiger charge is -2.41. The molecule has 1 unspecified atom stereocenters. The third-order valence-electron chi connectivity index (χ3n) is 6.15. The molecule has 6 rings (SSSR count). The second kappa shape index (κ2) is 6.68. The maximum Gasteiger partial charge on any atom is 0.438 e. The van der Waals surface area contributed by atoms with Gasteiger partial charge in [0.05, 0.1) is 11.0 Å². The molecule has 1 aromatic heterocycles. The van der Waals surface area contributed by atoms with Crippen molar-refractivity contribution in [3.05, 3.63) is 96.6 Å². The zero-order valence-corrected chi connectivity index (χ0v) is 17.1. The Morgan fingerprint density at radius 1 is 0.788 bits per heavy atom. The number of benzene rings is 4. The van der Waals surface area contributed by atoms with Gasteiger partial charge in [0.25, 0.3) is 5.66 Å². The summed E-state index contributed by atoms with van der Waals surface area (Å²) in [7, 11) is 0. The maximum absolute atomic E-state index is 15.2. The first-order valence-electron chi connectivity index (χ1n) is 10.4. The van der Waals surface area contributed by atoms with Gasteiger partial charge in [-0.3, -0.25) is 9.36 Å². The standard InChI is InChI=1S/C26H16F3N3O/c27-26(28,29)25(31-20-14-7-9-16-8-1-2-10-17(16)20)23(33)18-11-3-4-12-19(18)24-30-21-13-5-6-15-22(21)32(24)25/h1-15,31H. The summed E-state index contributed by atoms with van der Waals surface area (Å²) >= 11 is 0. The van der Waals surface area contributed by atoms with Gasteiger partial charge in [-0.15, -0.1) is 0 Å². The summed E-state index contributed by atoms with van der Waals surface area (Å²) in [6.07, 6.45) is -4.98. The van der Waals surface area contributed by atoms with Crippen molar-refractivity contribution in [1.29, 1.82) is 0 Å². The molecule has 0 amide bonds. The van der Waals surface area contributed by atoms with Gasteiger partial charge in [0.15, 0.2) is 0 Å². The SMILES string of the molecule is O=C1c2ccccc2-c2nc3ccccc3n2C1(Nc1cccc2ccccc12)C(F)(F)F. The third kappa shape index (κ3) is 2.59. The molecular formula is C26H16F3N3O. The zero-order valence-electron chi connectivity index (χ0n) is 17.1. The number of halogens is 3. The van der Waals surface area contributed by atoms with E-state index in [0.29, 0.717) is 16.5 Å². The molecule has 1 aliphatic rings. The largest absolute Gasteiger partial charge is 0.438 e. The number of Topliss-reactive ketones (excluding diaryl/α,β-unsaturated/α-hetero) is 1. The Bertz CT molecular complexity index is 1570. The molecule has 5 aromatic rings. The summed E-state index contributed by atoms with van der Waals surface area (Å²) < 4.78 is 46.5. The van der Waals surface area contributed by atoms with Crippen LogP contribution in [0.2, 0.25) is 0 Å². The van der Waals surface area contributed by atoms with Gasteiger partial charge < -0.3 is 5.32 Å². The van der Waals surface area contributed by atoms with Gasteiger partial charge in [-0.2, -0.15) is 13.2 Å². The first kappa shape index (κ1) is 19.5. The van der Waals surface area contributed by atoms with Crippen molar-refractivity contribution in [2.45, 2.75) is 11.8 Å². The first-order valence-corrected chi connectivity index (χ1v) is 10.4. The fourth-order valence-electron chi connectivity index (χ4n) is 4.69. The number of fused-ring (bicyclic) bond motifs is 6. The number of aromatic nitrogens is 2. The van der Waals surface area contributed by atoms with Crippen LogP contribution in [0.1, 0.15) is 10.4 Å². The molecule has 0 radical (unpaired) electrons. The molecule has 33 heavy (non-hydrogen) atoms. The number of rotatable bonds is 2. The van der Waals surface area contributed by atoms with E-state index < -0.39 is 17.6 Å². The molecule has 1 aliphatic heterocycles. The molecule has 4 aromatic carbocycles. The lowest BCUT2D eigenvalue weighted by Crippen LogP contribution is -2.61. The number of carbonyl (C=O) groups excluding carboxylic acids is 1. The van der Waals surface area contributed by atoms with Crippen LogP contribution in [0.4, 0.5) is 18.9 Å². The molecule has 0 aliphatic carbocycles. The van der Waals surface area contributed by atoms with Crippen LogP contribution in [-0.4, -0.2) is 21.5 Å². The molecule has 2 heterocycles. The highest BCUT2D eigenvalue weighted by atomic mass is 19.4. The van der Waals surface area contributed by atoms with E-state index >= 15 is 13.2 Å². The van der Waals surface area contributed by atoms with Gasteiger partial charge >= 0.3 is 6.18 Å². The van der Waals surface area contributed by atoms with Gasteiger partial charge in [-0.25, -0.2) is 4.98 Å². The van der Waals surface area contributed by atoms with Crippen molar-refractivity contribution in [3.63, 3.8) is 0 Å². The van der Waals surface area contributed by atoms with Gasteiger partial charge in [-0.1, -0.05) is 72.8 Å². The molecule has 7 heteroatoms. The Kier molecular flexibility index (Phi) is 3.96. The highest BCUT2D eigenvalue weighted by Gasteiger charge is 2.65. The van der Waals surface area contributed by atoms with Crippen LogP contribution >= 0.6 is 0 Å². The summed E-state index contributed by atoms with van der Waals surface area (Å²) in [6, 6.07) is 25.0. The van der Waals surface area contributed by atoms with Crippen molar-refractivity contribution in [2.24, 2.45) is 0 Å². The predicted octanol–water partition coefficient (Wildman–Crippen LogP) is 6.38. The Balaban J connectivity index is 1.73. The summed E-state index contributed by atoms with van der Waals surface area (Å²) in [5.41, 5.74) is -1.91. The monoisotopic (exact) mass is 443 g/mol. The van der Waals surface area contributed by atoms with E-state index in [2.05, 4.69) is 10.3 Å². The van der Waals surface area contributed by atoms with E-state index in [0.717, 1.165) is 9.95 Å². The lowest BCUT2D eigenvalue weighted by atomic mass is 9.88. The molecule has 0 saturated carbocycles. The second-order valence-corrected chi connectivity index (χ2v) is 7.99. The number of imidazole rings is 1. The van der Waals surface area contributed by atoms with Gasteiger partial charge in [0.1, 0.15) is 5.82 Å². The van der Waals surface area contributed by atoms with Gasteiger partial charge in [0.2, 0.25) is 5.78 Å². The van der Waals surface area contributed by atoms with Gasteiger partial charge in [-0.05, 0) is 23.6 Å². The number of anilines is 1. The van der Waals surface area contributed by atoms with Crippen LogP contribution in [0.3, 0.4) is 0 Å². The van der Waals surface area contributed by atoms with E-state index in [1.54, 1.807) is 66.7 Å². The number of hydrogen-bond donors (Lipinski definition) is 1. The Hall–Kier alpha value is -4.13. The number of nitrogens with one attached hydrogen (secondary N) is 1. The Morgan fingerprint density at radius 2 is 1.45 bits per heavy atom. The van der Waals surface area contributed by atoms with Gasteiger partial charge in [0, 0.05) is 22.2 Å². The smallest absolute Gasteiger partial charge is 0.348 e. The lowest BCUT2D eigenvalue weighted by molar-refractivity contribution is -0.186. The minimum Gasteiger partial charge on any atom is -0.348 e. The number of carbonyl (C=O) groups is 1. The van der Waals surface area contributed by atoms with Crippen LogP contribution in [0, 0.1) is 0 Å². The van der Waals surface area contributed by atoms with E-state index in [1.807, 2.05) is 18.2 Å². The topological polar surface area (TPSA) is 46.9 Å². The summed E-state index contributed by atoms with van der Waals surface area (Å²) in [6.45, 7) is 0. The van der Waals surface area contributed by atoms with E-state index in [1.165, 1.54) is 6.07 Å². The van der Waals surface area contributed by atoms with Crippen molar-refractivity contribution in [3.8, 4) is 11.4 Å². The zero-order chi connectivity index (χ0) is 22.8. The molecule has 0 saturated heterocycles. The number of para-hydroxylation sites is 2. The average molecular weight is 443 g/mol. The quantitative estimate of drug-likeness (QED) is 0.344. The summed E-state index contributed by atoms with van der Waals surface area (Å²) in [4.78, 5) is 18.3. The minimum atomic E-state index is -4.98. The maximum atomic E-state index is 15.2. The number of nitrogens with zero attached hydrogens (tertiary/aromatic N) is 2. The first-order chi connectivity index (χ1) is 15.9. The average Bonchev–Trinajstić information content (AvgIpc) is 3.21. The predicted molar refractivity (Wildman–Crippen MR) is 121 cm³/mol. The number of ketones is 1. The Morgan fingerprint density at radius 3 is 2.27 bits per heavy atom. The van der Waals surface area contributed by atoms with Crippen LogP contribution < -0.4 is 5.32 Å². The molecule has 0 spiro atoms. The molecular weight excluding hydrogens is 427 g/mol. The van der Waals surface area contributed by atoms with E-state index in [9.17, 15) is 4.79 Å². The second-order valence-electron chi connectivity index (χ2n) is 7.99. The summed E-state index contributed by atoms with van der Waals surface area (Å²) in [5.74, 6) is -0.981. The highest BCUT2D eigenvalue weighted by molar-refractivity contribution is 6.12. The van der Waals surface area contributed by atoms with E-state index in [4.69, 9.17) is 0 Å². The molecule has 1 atom stereocenters. The van der Waals surface area contributed by atoms with E-state index in [-0.39, 0.29) is 22.6 Å². The van der Waals surface area contributed by atoms with Crippen LogP contribution in [0.15, 0.2) is 91.0 Å². The van der Waals surface area contributed by atoms with Crippen molar-refractivity contribution >= 4 is 33.3 Å². The molecule has 1 N–H and O–H groups in total. The molecule has 0 fully saturated rings. The van der Waals surface area contributed by atoms with Crippen molar-refractivity contribution < 1.29 is 18.0 Å².